The van der Waals surface area contributed by atoms with Crippen molar-refractivity contribution in [3.8, 4) is 11.5 Å². The van der Waals surface area contributed by atoms with Gasteiger partial charge in [-0.1, -0.05) is 0 Å². The third-order valence-corrected chi connectivity index (χ3v) is 6.56. The molecule has 0 spiro atoms. The standard InChI is InChI=1S/C19H26F3NO8.C19H28F3NO6/c1-18(2,3)31-17(24)13-29-9-8-27-6-7-28-10-11-30-14-4-5-16(23(25)26)15(12-14)19(20,21)22;1-18(2,3)29-17(24)13-27-9-8-25-6-7-26-10-11-28-14-4-5-16(23)15(12-14)19(20,21)22/h4-5,12H,6-11,13H2,1-3H3;4-5,12H,6-11,13,23H2,1-3H3. The molecule has 2 N–H and O–H groups in total. The van der Waals surface area contributed by atoms with Gasteiger partial charge in [0.15, 0.2) is 0 Å². The van der Waals surface area contributed by atoms with Gasteiger partial charge in [0, 0.05) is 11.8 Å². The van der Waals surface area contributed by atoms with E-state index in [2.05, 4.69) is 0 Å². The molecule has 60 heavy (non-hydrogen) atoms. The van der Waals surface area contributed by atoms with Gasteiger partial charge >= 0.3 is 24.3 Å². The molecule has 16 nitrogen and oxygen atoms in total. The number of carbonyl (C=O) groups is 2. The summed E-state index contributed by atoms with van der Waals surface area (Å²) >= 11 is 0. The lowest BCUT2D eigenvalue weighted by molar-refractivity contribution is -0.388. The number of nitro benzene ring substituents is 1. The Labute approximate surface area is 343 Å². The van der Waals surface area contributed by atoms with Gasteiger partial charge < -0.3 is 53.1 Å². The summed E-state index contributed by atoms with van der Waals surface area (Å²) in [6.07, 6.45) is -9.40. The van der Waals surface area contributed by atoms with Crippen LogP contribution < -0.4 is 15.2 Å². The SMILES string of the molecule is CC(C)(C)OC(=O)COCCOCCOCCOc1ccc(N)c(C(F)(F)F)c1.CC(C)(C)OC(=O)COCCOCCOCCOc1ccc([N+](=O)[O-])c(C(F)(F)F)c1. The van der Waals surface area contributed by atoms with Crippen LogP contribution >= 0.6 is 0 Å². The van der Waals surface area contributed by atoms with Crippen LogP contribution in [-0.2, 0) is 59.8 Å². The monoisotopic (exact) mass is 876 g/mol. The molecule has 0 amide bonds. The Bertz CT molecular complexity index is 1580. The quantitative estimate of drug-likeness (QED) is 0.0286. The molecular formula is C38H54F6N2O14. The molecule has 0 aliphatic heterocycles. The summed E-state index contributed by atoms with van der Waals surface area (Å²) in [5, 5.41) is 10.7. The van der Waals surface area contributed by atoms with Gasteiger partial charge in [-0.2, -0.15) is 26.3 Å². The zero-order valence-electron chi connectivity index (χ0n) is 34.4. The van der Waals surface area contributed by atoms with Gasteiger partial charge in [0.1, 0.15) is 54.7 Å². The maximum Gasteiger partial charge on any atom is 0.423 e. The Kier molecular flexibility index (Phi) is 23.8. The average Bonchev–Trinajstić information content (AvgIpc) is 3.11. The van der Waals surface area contributed by atoms with Gasteiger partial charge in [-0.15, -0.1) is 0 Å². The Balaban J connectivity index is 0.000000601. The van der Waals surface area contributed by atoms with E-state index in [1.807, 2.05) is 0 Å². The number of hydrogen-bond acceptors (Lipinski definition) is 15. The first-order valence-electron chi connectivity index (χ1n) is 18.4. The molecule has 0 bridgehead atoms. The Morgan fingerprint density at radius 3 is 1.23 bits per heavy atom. The second-order valence-electron chi connectivity index (χ2n) is 14.1. The Morgan fingerprint density at radius 1 is 0.550 bits per heavy atom. The van der Waals surface area contributed by atoms with Crippen LogP contribution in [0.2, 0.25) is 0 Å². The second-order valence-corrected chi connectivity index (χ2v) is 14.1. The first-order chi connectivity index (χ1) is 27.9. The van der Waals surface area contributed by atoms with Crippen molar-refractivity contribution in [3.05, 3.63) is 57.6 Å². The van der Waals surface area contributed by atoms with E-state index in [0.29, 0.717) is 12.7 Å². The van der Waals surface area contributed by atoms with Gasteiger partial charge in [0.05, 0.1) is 76.6 Å². The molecular weight excluding hydrogens is 822 g/mol. The lowest BCUT2D eigenvalue weighted by atomic mass is 10.1. The number of rotatable bonds is 25. The summed E-state index contributed by atoms with van der Waals surface area (Å²) in [4.78, 5) is 32.4. The van der Waals surface area contributed by atoms with Crippen molar-refractivity contribution < 1.29 is 88.2 Å². The minimum Gasteiger partial charge on any atom is -0.491 e. The summed E-state index contributed by atoms with van der Waals surface area (Å²) in [5.41, 5.74) is 0.499. The number of esters is 2. The number of nitrogens with two attached hydrogens (primary N) is 1. The van der Waals surface area contributed by atoms with Crippen LogP contribution in [0.15, 0.2) is 36.4 Å². The van der Waals surface area contributed by atoms with Crippen LogP contribution in [0.5, 0.6) is 11.5 Å². The highest BCUT2D eigenvalue weighted by Crippen LogP contribution is 2.38. The summed E-state index contributed by atoms with van der Waals surface area (Å²) in [7, 11) is 0. The molecule has 342 valence electrons. The van der Waals surface area contributed by atoms with Crippen LogP contribution in [0.1, 0.15) is 52.7 Å². The Morgan fingerprint density at radius 2 is 0.883 bits per heavy atom. The number of hydrogen-bond donors (Lipinski definition) is 1. The van der Waals surface area contributed by atoms with Gasteiger partial charge in [-0.3, -0.25) is 10.1 Å². The number of carbonyl (C=O) groups excluding carboxylic acids is 2. The second kappa shape index (κ2) is 26.7. The van der Waals surface area contributed by atoms with Gasteiger partial charge in [0.2, 0.25) is 0 Å². The number of nitro groups is 1. The number of nitrogen functional groups attached to an aromatic ring is 1. The number of benzene rings is 2. The fraction of sp³-hybridized carbons (Fsp3) is 0.632. The molecule has 2 rings (SSSR count). The van der Waals surface area contributed by atoms with Crippen molar-refractivity contribution >= 4 is 23.3 Å². The van der Waals surface area contributed by atoms with Crippen LogP contribution in [0.3, 0.4) is 0 Å². The van der Waals surface area contributed by atoms with E-state index in [0.717, 1.165) is 24.3 Å². The van der Waals surface area contributed by atoms with Crippen LogP contribution in [0.4, 0.5) is 37.7 Å². The highest BCUT2D eigenvalue weighted by atomic mass is 19.4. The van der Waals surface area contributed by atoms with Gasteiger partial charge in [0.25, 0.3) is 5.69 Å². The Hall–Kier alpha value is -4.48. The molecule has 0 aliphatic carbocycles. The maximum atomic E-state index is 12.9. The summed E-state index contributed by atoms with van der Waals surface area (Å²) in [6.45, 7) is 12.6. The van der Waals surface area contributed by atoms with Crippen LogP contribution in [0.25, 0.3) is 0 Å². The molecule has 0 saturated heterocycles. The number of ether oxygens (including phenoxy) is 10. The largest absolute Gasteiger partial charge is 0.491 e. The molecule has 0 heterocycles. The lowest BCUT2D eigenvalue weighted by Gasteiger charge is -2.19. The van der Waals surface area contributed by atoms with Crippen molar-refractivity contribution in [3.63, 3.8) is 0 Å². The lowest BCUT2D eigenvalue weighted by Crippen LogP contribution is -2.27. The topological polar surface area (TPSA) is 196 Å². The van der Waals surface area contributed by atoms with E-state index in [4.69, 9.17) is 53.1 Å². The van der Waals surface area contributed by atoms with E-state index < -0.39 is 57.2 Å². The summed E-state index contributed by atoms with van der Waals surface area (Å²) in [6, 6.07) is 5.79. The molecule has 0 aliphatic rings. The van der Waals surface area contributed by atoms with E-state index >= 15 is 0 Å². The van der Waals surface area contributed by atoms with Crippen molar-refractivity contribution in [1.82, 2.24) is 0 Å². The molecule has 0 aromatic heterocycles. The minimum atomic E-state index is -4.87. The first-order valence-corrected chi connectivity index (χ1v) is 18.4. The average molecular weight is 877 g/mol. The zero-order valence-corrected chi connectivity index (χ0v) is 34.4. The van der Waals surface area contributed by atoms with E-state index in [9.17, 15) is 46.0 Å². The van der Waals surface area contributed by atoms with Gasteiger partial charge in [-0.05, 0) is 71.9 Å². The maximum absolute atomic E-state index is 12.9. The van der Waals surface area contributed by atoms with Crippen molar-refractivity contribution in [1.29, 1.82) is 0 Å². The third kappa shape index (κ3) is 25.9. The van der Waals surface area contributed by atoms with E-state index in [-0.39, 0.29) is 103 Å². The summed E-state index contributed by atoms with van der Waals surface area (Å²) < 4.78 is 129. The third-order valence-electron chi connectivity index (χ3n) is 6.56. The highest BCUT2D eigenvalue weighted by molar-refractivity contribution is 5.71. The number of nitrogens with zero attached hydrogens (tertiary/aromatic N) is 1. The van der Waals surface area contributed by atoms with Crippen LogP contribution in [0, 0.1) is 10.1 Å². The summed E-state index contributed by atoms with van der Waals surface area (Å²) in [5.74, 6) is -0.996. The van der Waals surface area contributed by atoms with Crippen LogP contribution in [-0.4, -0.2) is 121 Å². The van der Waals surface area contributed by atoms with Crippen molar-refractivity contribution in [2.75, 3.05) is 98.2 Å². The molecule has 2 aromatic carbocycles. The van der Waals surface area contributed by atoms with E-state index in [1.54, 1.807) is 41.5 Å². The molecule has 22 heteroatoms. The molecule has 0 atom stereocenters. The fourth-order valence-corrected chi connectivity index (χ4v) is 4.23. The van der Waals surface area contributed by atoms with Gasteiger partial charge in [-0.25, -0.2) is 9.59 Å². The molecule has 0 fully saturated rings. The first kappa shape index (κ1) is 53.5. The predicted octanol–water partition coefficient (Wildman–Crippen LogP) is 6.44. The molecule has 0 radical (unpaired) electrons. The normalized spacial score (nSPS) is 12.0. The zero-order chi connectivity index (χ0) is 45.4. The number of alkyl halides is 6. The molecule has 0 unspecified atom stereocenters. The molecule has 2 aromatic rings. The smallest absolute Gasteiger partial charge is 0.423 e. The highest BCUT2D eigenvalue weighted by Gasteiger charge is 2.38. The molecule has 0 saturated carbocycles. The van der Waals surface area contributed by atoms with Crippen molar-refractivity contribution in [2.45, 2.75) is 65.1 Å². The van der Waals surface area contributed by atoms with E-state index in [1.165, 1.54) is 6.07 Å². The number of anilines is 1. The number of halogens is 6. The minimum absolute atomic E-state index is 0.0475. The predicted molar refractivity (Wildman–Crippen MR) is 202 cm³/mol. The van der Waals surface area contributed by atoms with Crippen molar-refractivity contribution in [2.24, 2.45) is 0 Å². The fourth-order valence-electron chi connectivity index (χ4n) is 4.23.